The van der Waals surface area contributed by atoms with Crippen LogP contribution in [0.15, 0.2) is 80.8 Å². The van der Waals surface area contributed by atoms with Crippen molar-refractivity contribution in [2.24, 2.45) is 9.98 Å². The van der Waals surface area contributed by atoms with E-state index >= 15 is 0 Å². The lowest BCUT2D eigenvalue weighted by Crippen LogP contribution is -2.19. The monoisotopic (exact) mass is 360 g/mol. The van der Waals surface area contributed by atoms with Crippen LogP contribution in [0.4, 0.5) is 11.4 Å². The van der Waals surface area contributed by atoms with Gasteiger partial charge in [-0.1, -0.05) is 24.3 Å². The van der Waals surface area contributed by atoms with Gasteiger partial charge in [0, 0.05) is 0 Å². The van der Waals surface area contributed by atoms with E-state index < -0.39 is 0 Å². The van der Waals surface area contributed by atoms with Crippen LogP contribution in [0.5, 0.6) is 0 Å². The molecule has 0 atom stereocenters. The van der Waals surface area contributed by atoms with Crippen molar-refractivity contribution in [3.05, 3.63) is 94.8 Å². The predicted molar refractivity (Wildman–Crippen MR) is 116 cm³/mol. The third-order valence-electron chi connectivity index (χ3n) is 5.05. The van der Waals surface area contributed by atoms with Gasteiger partial charge in [0.2, 0.25) is 0 Å². The van der Waals surface area contributed by atoms with Crippen molar-refractivity contribution in [1.29, 1.82) is 0 Å². The fourth-order valence-corrected chi connectivity index (χ4v) is 3.11. The van der Waals surface area contributed by atoms with Crippen LogP contribution in [-0.2, 0) is 0 Å². The van der Waals surface area contributed by atoms with E-state index in [0.29, 0.717) is 0 Å². The molecule has 0 saturated carbocycles. The molecule has 0 aliphatic heterocycles. The first-order chi connectivity index (χ1) is 13.4. The summed E-state index contributed by atoms with van der Waals surface area (Å²) in [5.74, 6) is 4.76. The van der Waals surface area contributed by atoms with E-state index in [1.165, 1.54) is 0 Å². The van der Waals surface area contributed by atoms with Crippen molar-refractivity contribution in [2.75, 3.05) is 0 Å². The molecular weight excluding hydrogens is 340 g/mol. The Morgan fingerprint density at radius 3 is 1.07 bits per heavy atom. The highest BCUT2D eigenvalue weighted by atomic mass is 14.8. The van der Waals surface area contributed by atoms with Gasteiger partial charge in [-0.3, -0.25) is 11.8 Å². The third kappa shape index (κ3) is 3.73. The van der Waals surface area contributed by atoms with E-state index in [9.17, 15) is 0 Å². The van der Waals surface area contributed by atoms with Crippen molar-refractivity contribution >= 4 is 22.8 Å². The minimum atomic E-state index is 0.737. The van der Waals surface area contributed by atoms with Gasteiger partial charge < -0.3 is 12.8 Å². The SMILES string of the molecule is [C-]#Cc1ccc(N=C2C(C)=C(C)C(=Nc3ccc(C#[C-])cc3)C(C)=C2C)cc1. The topological polar surface area (TPSA) is 24.7 Å². The van der Waals surface area contributed by atoms with Crippen molar-refractivity contribution in [2.45, 2.75) is 27.7 Å². The quantitative estimate of drug-likeness (QED) is 0.351. The zero-order valence-corrected chi connectivity index (χ0v) is 16.5. The fourth-order valence-electron chi connectivity index (χ4n) is 3.11. The van der Waals surface area contributed by atoms with E-state index in [4.69, 9.17) is 22.8 Å². The minimum Gasteiger partial charge on any atom is -0.366 e. The molecule has 0 spiro atoms. The van der Waals surface area contributed by atoms with Gasteiger partial charge in [0.25, 0.3) is 0 Å². The number of aliphatic imine (C=N–C) groups is 2. The van der Waals surface area contributed by atoms with Crippen LogP contribution >= 0.6 is 0 Å². The van der Waals surface area contributed by atoms with E-state index in [1.807, 2.05) is 48.5 Å². The van der Waals surface area contributed by atoms with Crippen LogP contribution in [0.2, 0.25) is 0 Å². The first-order valence-electron chi connectivity index (χ1n) is 9.04. The van der Waals surface area contributed by atoms with Gasteiger partial charge in [0.05, 0.1) is 22.8 Å². The summed E-state index contributed by atoms with van der Waals surface area (Å²) >= 11 is 0. The Balaban J connectivity index is 2.04. The molecule has 1 aliphatic carbocycles. The Bertz CT molecular complexity index is 999. The van der Waals surface area contributed by atoms with Crippen LogP contribution in [0.1, 0.15) is 38.8 Å². The average molecular weight is 360 g/mol. The number of nitrogens with zero attached hydrogens (tertiary/aromatic N) is 2. The molecule has 0 radical (unpaired) electrons. The molecule has 0 heterocycles. The molecule has 0 aromatic heterocycles. The highest BCUT2D eigenvalue weighted by Gasteiger charge is 2.22. The predicted octanol–water partition coefficient (Wildman–Crippen LogP) is 6.09. The average Bonchev–Trinajstić information content (AvgIpc) is 2.73. The first kappa shape index (κ1) is 19.2. The molecule has 0 unspecified atom stereocenters. The van der Waals surface area contributed by atoms with E-state index in [1.54, 1.807) is 0 Å². The molecule has 0 fully saturated rings. The van der Waals surface area contributed by atoms with Crippen LogP contribution in [0, 0.1) is 24.7 Å². The Morgan fingerprint density at radius 2 is 0.821 bits per heavy atom. The lowest BCUT2D eigenvalue weighted by molar-refractivity contribution is 1.29. The molecule has 3 rings (SSSR count). The summed E-state index contributed by atoms with van der Waals surface area (Å²) in [6, 6.07) is 15.0. The van der Waals surface area contributed by atoms with Gasteiger partial charge in [-0.2, -0.15) is 0 Å². The second-order valence-corrected chi connectivity index (χ2v) is 6.76. The summed E-state index contributed by atoms with van der Waals surface area (Å²) < 4.78 is 0. The van der Waals surface area contributed by atoms with Crippen LogP contribution in [-0.4, -0.2) is 11.4 Å². The molecule has 0 amide bonds. The molecule has 2 aromatic carbocycles. The summed E-state index contributed by atoms with van der Waals surface area (Å²) in [5, 5.41) is 0. The van der Waals surface area contributed by atoms with Crippen molar-refractivity contribution in [3.8, 4) is 11.8 Å². The third-order valence-corrected chi connectivity index (χ3v) is 5.05. The van der Waals surface area contributed by atoms with E-state index in [2.05, 4.69) is 39.5 Å². The number of rotatable bonds is 2. The van der Waals surface area contributed by atoms with Crippen molar-refractivity contribution in [3.63, 3.8) is 0 Å². The maximum atomic E-state index is 7.19. The Hall–Kier alpha value is -3.62. The minimum absolute atomic E-state index is 0.737. The lowest BCUT2D eigenvalue weighted by Gasteiger charge is -2.23. The normalized spacial score (nSPS) is 13.9. The summed E-state index contributed by atoms with van der Waals surface area (Å²) in [6.45, 7) is 8.30. The number of allylic oxidation sites excluding steroid dienone is 4. The highest BCUT2D eigenvalue weighted by molar-refractivity contribution is 6.28. The van der Waals surface area contributed by atoms with E-state index in [0.717, 1.165) is 56.2 Å². The molecule has 1 aliphatic rings. The van der Waals surface area contributed by atoms with Gasteiger partial charge in [-0.15, -0.1) is 35.4 Å². The van der Waals surface area contributed by atoms with Crippen molar-refractivity contribution < 1.29 is 0 Å². The Labute approximate surface area is 167 Å². The molecule has 136 valence electrons. The zero-order chi connectivity index (χ0) is 20.3. The maximum Gasteiger partial charge on any atom is 0.0702 e. The smallest absolute Gasteiger partial charge is 0.0702 e. The van der Waals surface area contributed by atoms with Gasteiger partial charge in [-0.05, 0) is 50.0 Å². The molecule has 0 saturated heterocycles. The summed E-state index contributed by atoms with van der Waals surface area (Å²) in [7, 11) is 0. The summed E-state index contributed by atoms with van der Waals surface area (Å²) in [5.41, 5.74) is 9.54. The Morgan fingerprint density at radius 1 is 0.536 bits per heavy atom. The highest BCUT2D eigenvalue weighted by Crippen LogP contribution is 2.30. The van der Waals surface area contributed by atoms with Crippen LogP contribution in [0.25, 0.3) is 0 Å². The molecule has 0 N–H and O–H groups in total. The number of benzene rings is 2. The number of hydrogen-bond acceptors (Lipinski definition) is 2. The molecular formula is C26H20N2-2. The lowest BCUT2D eigenvalue weighted by atomic mass is 9.85. The largest absolute Gasteiger partial charge is 0.366 e. The molecule has 0 bridgehead atoms. The maximum absolute atomic E-state index is 7.19. The summed E-state index contributed by atoms with van der Waals surface area (Å²) in [4.78, 5) is 9.70. The molecule has 2 aromatic rings. The van der Waals surface area contributed by atoms with Gasteiger partial charge in [0.15, 0.2) is 0 Å². The zero-order valence-electron chi connectivity index (χ0n) is 16.5. The first-order valence-corrected chi connectivity index (χ1v) is 9.04. The van der Waals surface area contributed by atoms with Crippen LogP contribution < -0.4 is 0 Å². The van der Waals surface area contributed by atoms with Gasteiger partial charge in [-0.25, -0.2) is 9.98 Å². The number of hydrogen-bond donors (Lipinski definition) is 0. The second-order valence-electron chi connectivity index (χ2n) is 6.76. The van der Waals surface area contributed by atoms with Crippen LogP contribution in [0.3, 0.4) is 0 Å². The Kier molecular flexibility index (Phi) is 5.44. The summed E-state index contributed by atoms with van der Waals surface area (Å²) in [6.07, 6.45) is 14.4. The molecule has 28 heavy (non-hydrogen) atoms. The standard InChI is InChI=1S/C26H20N2/c1-7-21-9-13-23(14-10-21)27-25-17(3)19(5)26(20(6)18(25)4)28-24-15-11-22(8-2)12-16-24/h9-16H,3-6H3/q-2. The fraction of sp³-hybridized carbons (Fsp3) is 0.154. The van der Waals surface area contributed by atoms with Crippen molar-refractivity contribution in [1.82, 2.24) is 0 Å². The van der Waals surface area contributed by atoms with Gasteiger partial charge >= 0.3 is 0 Å². The van der Waals surface area contributed by atoms with Gasteiger partial charge in [0.1, 0.15) is 0 Å². The molecule has 2 heteroatoms. The second kappa shape index (κ2) is 7.95. The molecule has 2 nitrogen and oxygen atoms in total. The van der Waals surface area contributed by atoms with E-state index in [-0.39, 0.29) is 0 Å².